The normalized spacial score (nSPS) is 14.0. The molecular weight excluding hydrogens is 433 g/mol. The van der Waals surface area contributed by atoms with Crippen molar-refractivity contribution in [3.8, 4) is 5.75 Å². The molecule has 25 heavy (non-hydrogen) atoms. The number of aliphatic imine (C=N–C) groups is 1. The summed E-state index contributed by atoms with van der Waals surface area (Å²) in [5, 5.41) is 6.66. The number of methoxy groups -OCH3 is 2. The van der Waals surface area contributed by atoms with Crippen LogP contribution in [0.4, 0.5) is 0 Å². The van der Waals surface area contributed by atoms with E-state index in [-0.39, 0.29) is 24.0 Å². The fraction of sp³-hybridized carbons (Fsp3) is 0.444. The van der Waals surface area contributed by atoms with Crippen molar-refractivity contribution < 1.29 is 14.3 Å². The van der Waals surface area contributed by atoms with Gasteiger partial charge >= 0.3 is 5.97 Å². The van der Waals surface area contributed by atoms with Gasteiger partial charge in [0.25, 0.3) is 0 Å². The van der Waals surface area contributed by atoms with E-state index in [2.05, 4.69) is 27.8 Å². The molecule has 0 bridgehead atoms. The highest BCUT2D eigenvalue weighted by atomic mass is 127. The number of halogens is 1. The Morgan fingerprint density at radius 3 is 2.60 bits per heavy atom. The van der Waals surface area contributed by atoms with Crippen molar-refractivity contribution in [2.75, 3.05) is 20.8 Å². The number of nitrogens with one attached hydrogen (secondary N) is 2. The van der Waals surface area contributed by atoms with E-state index in [4.69, 9.17) is 9.47 Å². The molecular formula is C18H26IN3O3. The van der Waals surface area contributed by atoms with Gasteiger partial charge in [0.15, 0.2) is 5.96 Å². The number of nitrogens with zero attached hydrogens (tertiary/aromatic N) is 1. The Hall–Kier alpha value is -1.77. The molecule has 1 aromatic carbocycles. The van der Waals surface area contributed by atoms with Crippen LogP contribution in [0.3, 0.4) is 0 Å². The van der Waals surface area contributed by atoms with E-state index in [1.54, 1.807) is 12.1 Å². The summed E-state index contributed by atoms with van der Waals surface area (Å²) in [4.78, 5) is 16.4. The Bertz CT molecular complexity index is 624. The zero-order chi connectivity index (χ0) is 17.4. The first-order valence-corrected chi connectivity index (χ1v) is 8.13. The van der Waals surface area contributed by atoms with E-state index in [9.17, 15) is 4.79 Å². The fourth-order valence-electron chi connectivity index (χ4n) is 2.54. The number of hydrogen-bond donors (Lipinski definition) is 2. The molecule has 0 atom stereocenters. The molecule has 1 aliphatic carbocycles. The number of hydrogen-bond acceptors (Lipinski definition) is 4. The number of guanidine groups is 1. The first kappa shape index (κ1) is 21.3. The minimum atomic E-state index is -0.417. The van der Waals surface area contributed by atoms with Crippen molar-refractivity contribution in [2.24, 2.45) is 4.99 Å². The van der Waals surface area contributed by atoms with Gasteiger partial charge in [0.05, 0.1) is 20.8 Å². The summed E-state index contributed by atoms with van der Waals surface area (Å²) in [6.45, 7) is 3.29. The Morgan fingerprint density at radius 1 is 1.28 bits per heavy atom. The molecule has 0 heterocycles. The van der Waals surface area contributed by atoms with Crippen LogP contribution in [-0.4, -0.2) is 38.7 Å². The average Bonchev–Trinajstić information content (AvgIpc) is 3.12. The molecule has 0 aliphatic heterocycles. The number of ether oxygens (including phenoxy) is 2. The van der Waals surface area contributed by atoms with E-state index >= 15 is 0 Å². The zero-order valence-corrected chi connectivity index (χ0v) is 17.2. The molecule has 1 aromatic rings. The topological polar surface area (TPSA) is 72.0 Å². The van der Waals surface area contributed by atoms with Gasteiger partial charge in [0, 0.05) is 12.6 Å². The van der Waals surface area contributed by atoms with Gasteiger partial charge in [0.2, 0.25) is 0 Å². The van der Waals surface area contributed by atoms with E-state index in [1.165, 1.54) is 14.2 Å². The molecule has 0 spiro atoms. The molecule has 0 saturated carbocycles. The molecule has 2 rings (SSSR count). The van der Waals surface area contributed by atoms with Gasteiger partial charge in [-0.2, -0.15) is 0 Å². The second kappa shape index (κ2) is 11.0. The van der Waals surface area contributed by atoms with E-state index < -0.39 is 5.97 Å². The summed E-state index contributed by atoms with van der Waals surface area (Å²) >= 11 is 0. The van der Waals surface area contributed by atoms with Crippen molar-refractivity contribution in [2.45, 2.75) is 32.4 Å². The maximum Gasteiger partial charge on any atom is 0.341 e. The van der Waals surface area contributed by atoms with Crippen molar-refractivity contribution in [3.63, 3.8) is 0 Å². The Labute approximate surface area is 166 Å². The van der Waals surface area contributed by atoms with Crippen LogP contribution in [0, 0.1) is 0 Å². The Balaban J connectivity index is 0.00000312. The van der Waals surface area contributed by atoms with Gasteiger partial charge in [-0.15, -0.1) is 24.0 Å². The number of carbonyl (C=O) groups excluding carboxylic acids is 1. The number of benzene rings is 1. The van der Waals surface area contributed by atoms with Crippen LogP contribution in [-0.2, 0) is 11.3 Å². The summed E-state index contributed by atoms with van der Waals surface area (Å²) in [6, 6.07) is 5.81. The first-order valence-electron chi connectivity index (χ1n) is 8.13. The molecule has 0 radical (unpaired) electrons. The molecule has 0 saturated heterocycles. The minimum absolute atomic E-state index is 0. The van der Waals surface area contributed by atoms with E-state index in [1.807, 2.05) is 13.0 Å². The van der Waals surface area contributed by atoms with Crippen LogP contribution in [0.15, 0.2) is 35.3 Å². The smallest absolute Gasteiger partial charge is 0.341 e. The third-order valence-corrected chi connectivity index (χ3v) is 3.78. The van der Waals surface area contributed by atoms with E-state index in [0.717, 1.165) is 30.9 Å². The first-order chi connectivity index (χ1) is 11.7. The summed E-state index contributed by atoms with van der Waals surface area (Å²) in [7, 11) is 2.89. The summed E-state index contributed by atoms with van der Waals surface area (Å²) in [5.74, 6) is 0.859. The van der Waals surface area contributed by atoms with Gasteiger partial charge < -0.3 is 20.1 Å². The molecule has 0 aromatic heterocycles. The molecule has 1 aliphatic rings. The lowest BCUT2D eigenvalue weighted by Gasteiger charge is -2.16. The average molecular weight is 459 g/mol. The highest BCUT2D eigenvalue weighted by Gasteiger charge is 2.14. The van der Waals surface area contributed by atoms with Gasteiger partial charge in [-0.25, -0.2) is 9.79 Å². The number of carbonyl (C=O) groups is 1. The number of rotatable bonds is 6. The van der Waals surface area contributed by atoms with Crippen molar-refractivity contribution in [1.29, 1.82) is 0 Å². The van der Waals surface area contributed by atoms with Crippen LogP contribution in [0.25, 0.3) is 0 Å². The minimum Gasteiger partial charge on any atom is -0.496 e. The van der Waals surface area contributed by atoms with Gasteiger partial charge in [-0.1, -0.05) is 18.2 Å². The predicted octanol–water partition coefficient (Wildman–Crippen LogP) is 2.87. The van der Waals surface area contributed by atoms with Crippen LogP contribution < -0.4 is 15.4 Å². The SMILES string of the molecule is CCNC(=NCc1ccc(OC)c(C(=O)OC)c1)NC1CC=CC1.I. The largest absolute Gasteiger partial charge is 0.496 e. The summed E-state index contributed by atoms with van der Waals surface area (Å²) in [5.41, 5.74) is 1.32. The van der Waals surface area contributed by atoms with Gasteiger partial charge in [0.1, 0.15) is 11.3 Å². The van der Waals surface area contributed by atoms with E-state index in [0.29, 0.717) is 23.9 Å². The molecule has 6 nitrogen and oxygen atoms in total. The molecule has 138 valence electrons. The third-order valence-electron chi connectivity index (χ3n) is 3.78. The van der Waals surface area contributed by atoms with Crippen molar-refractivity contribution in [3.05, 3.63) is 41.5 Å². The second-order valence-electron chi connectivity index (χ2n) is 5.51. The van der Waals surface area contributed by atoms with Crippen LogP contribution in [0.1, 0.15) is 35.7 Å². The monoisotopic (exact) mass is 459 g/mol. The molecule has 0 fully saturated rings. The maximum absolute atomic E-state index is 11.8. The molecule has 0 amide bonds. The fourth-order valence-corrected chi connectivity index (χ4v) is 2.54. The van der Waals surface area contributed by atoms with Crippen molar-refractivity contribution >= 4 is 35.9 Å². The van der Waals surface area contributed by atoms with Crippen LogP contribution >= 0.6 is 24.0 Å². The third kappa shape index (κ3) is 6.22. The Morgan fingerprint density at radius 2 is 2.00 bits per heavy atom. The zero-order valence-electron chi connectivity index (χ0n) is 14.9. The highest BCUT2D eigenvalue weighted by molar-refractivity contribution is 14.0. The second-order valence-corrected chi connectivity index (χ2v) is 5.51. The standard InChI is InChI=1S/C18H25N3O3.HI/c1-4-19-18(21-14-7-5-6-8-14)20-12-13-9-10-16(23-2)15(11-13)17(22)24-3;/h5-6,9-11,14H,4,7-8,12H2,1-3H3,(H2,19,20,21);1H. The predicted molar refractivity (Wildman–Crippen MR) is 110 cm³/mol. The number of esters is 1. The Kier molecular flexibility index (Phi) is 9.33. The summed E-state index contributed by atoms with van der Waals surface area (Å²) in [6.07, 6.45) is 6.37. The van der Waals surface area contributed by atoms with Crippen LogP contribution in [0.2, 0.25) is 0 Å². The van der Waals surface area contributed by atoms with Gasteiger partial charge in [-0.05, 0) is 37.5 Å². The van der Waals surface area contributed by atoms with Gasteiger partial charge in [-0.3, -0.25) is 0 Å². The molecule has 2 N–H and O–H groups in total. The lowest BCUT2D eigenvalue weighted by atomic mass is 10.1. The van der Waals surface area contributed by atoms with Crippen molar-refractivity contribution in [1.82, 2.24) is 10.6 Å². The molecule has 7 heteroatoms. The summed E-state index contributed by atoms with van der Waals surface area (Å²) < 4.78 is 10.0. The highest BCUT2D eigenvalue weighted by Crippen LogP contribution is 2.21. The quantitative estimate of drug-likeness (QED) is 0.225. The lowest BCUT2D eigenvalue weighted by Crippen LogP contribution is -2.42. The van der Waals surface area contributed by atoms with Crippen LogP contribution in [0.5, 0.6) is 5.75 Å². The molecule has 0 unspecified atom stereocenters. The lowest BCUT2D eigenvalue weighted by molar-refractivity contribution is 0.0597. The maximum atomic E-state index is 11.8.